The third-order valence-corrected chi connectivity index (χ3v) is 1.89. The average Bonchev–Trinajstić information content (AvgIpc) is 2.14. The van der Waals surface area contributed by atoms with Crippen molar-refractivity contribution in [3.8, 4) is 0 Å². The summed E-state index contributed by atoms with van der Waals surface area (Å²) in [6, 6.07) is 5.71. The van der Waals surface area contributed by atoms with Crippen LogP contribution >= 0.6 is 0 Å². The van der Waals surface area contributed by atoms with Crippen LogP contribution in [0.2, 0.25) is 0 Å². The summed E-state index contributed by atoms with van der Waals surface area (Å²) in [5.41, 5.74) is 0.511. The molecule has 0 aromatic heterocycles. The second kappa shape index (κ2) is 4.35. The number of rotatable bonds is 4. The van der Waals surface area contributed by atoms with E-state index in [-0.39, 0.29) is 12.0 Å². The van der Waals surface area contributed by atoms with Gasteiger partial charge in [0.1, 0.15) is 0 Å². The zero-order valence-electron chi connectivity index (χ0n) is 7.78. The minimum Gasteiger partial charge on any atom is -0.478 e. The van der Waals surface area contributed by atoms with Gasteiger partial charge in [-0.15, -0.1) is 0 Å². The number of carboxylic acid groups (broad SMARTS) is 1. The van der Waals surface area contributed by atoms with Gasteiger partial charge in [-0.2, -0.15) is 8.78 Å². The molecular weight excluding hydrogens is 206 g/mol. The van der Waals surface area contributed by atoms with Crippen LogP contribution in [-0.2, 0) is 6.42 Å². The lowest BCUT2D eigenvalue weighted by Crippen LogP contribution is -2.15. The molecule has 1 aromatic rings. The highest BCUT2D eigenvalue weighted by Gasteiger charge is 2.23. The van der Waals surface area contributed by atoms with Gasteiger partial charge in [0.2, 0.25) is 0 Å². The first kappa shape index (κ1) is 11.6. The zero-order valence-corrected chi connectivity index (χ0v) is 7.78. The van der Waals surface area contributed by atoms with Crippen molar-refractivity contribution in [3.63, 3.8) is 0 Å². The van der Waals surface area contributed by atoms with Crippen molar-refractivity contribution in [2.45, 2.75) is 19.0 Å². The molecule has 0 unspecified atom stereocenters. The van der Waals surface area contributed by atoms with E-state index in [4.69, 9.17) is 10.2 Å². The van der Waals surface area contributed by atoms with Gasteiger partial charge in [0.05, 0.1) is 5.56 Å². The van der Waals surface area contributed by atoms with Gasteiger partial charge >= 0.3 is 12.1 Å². The van der Waals surface area contributed by atoms with E-state index in [0.717, 1.165) is 0 Å². The molecule has 0 atom stereocenters. The molecule has 0 saturated heterocycles. The van der Waals surface area contributed by atoms with Crippen molar-refractivity contribution in [2.75, 3.05) is 0 Å². The smallest absolute Gasteiger partial charge is 0.353 e. The Hall–Kier alpha value is -1.49. The highest BCUT2D eigenvalue weighted by Crippen LogP contribution is 2.17. The van der Waals surface area contributed by atoms with Crippen LogP contribution in [0, 0.1) is 0 Å². The van der Waals surface area contributed by atoms with Crippen LogP contribution in [0.1, 0.15) is 22.3 Å². The highest BCUT2D eigenvalue weighted by molar-refractivity contribution is 5.87. The third-order valence-electron chi connectivity index (χ3n) is 1.89. The van der Waals surface area contributed by atoms with Gasteiger partial charge in [-0.05, 0) is 24.1 Å². The van der Waals surface area contributed by atoms with Crippen molar-refractivity contribution in [2.24, 2.45) is 0 Å². The summed E-state index contributed by atoms with van der Waals surface area (Å²) < 4.78 is 24.2. The lowest BCUT2D eigenvalue weighted by molar-refractivity contribution is -0.202. The van der Waals surface area contributed by atoms with Gasteiger partial charge in [-0.25, -0.2) is 4.79 Å². The maximum atomic E-state index is 12.1. The van der Waals surface area contributed by atoms with Crippen LogP contribution in [0.4, 0.5) is 8.78 Å². The normalized spacial score (nSPS) is 11.4. The lowest BCUT2D eigenvalue weighted by Gasteiger charge is -2.08. The summed E-state index contributed by atoms with van der Waals surface area (Å²) in [6.07, 6.45) is -4.49. The van der Waals surface area contributed by atoms with Gasteiger partial charge in [0.15, 0.2) is 0 Å². The van der Waals surface area contributed by atoms with Gasteiger partial charge in [-0.1, -0.05) is 12.1 Å². The first-order chi connectivity index (χ1) is 6.88. The first-order valence-electron chi connectivity index (χ1n) is 4.31. The average molecular weight is 216 g/mol. The number of hydrogen-bond donors (Lipinski definition) is 2. The summed E-state index contributed by atoms with van der Waals surface area (Å²) in [7, 11) is 0. The number of aryl methyl sites for hydroxylation is 1. The summed E-state index contributed by atoms with van der Waals surface area (Å²) >= 11 is 0. The fraction of sp³-hybridized carbons (Fsp3) is 0.300. The largest absolute Gasteiger partial charge is 0.478 e. The molecule has 0 aliphatic rings. The Morgan fingerprint density at radius 2 is 2.07 bits per heavy atom. The molecule has 0 bridgehead atoms. The molecule has 5 heteroatoms. The molecule has 15 heavy (non-hydrogen) atoms. The minimum atomic E-state index is -3.71. The minimum absolute atomic E-state index is 0.0498. The Balaban J connectivity index is 2.70. The molecular formula is C10H10F2O3. The summed E-state index contributed by atoms with van der Waals surface area (Å²) in [5, 5.41) is 16.8. The van der Waals surface area contributed by atoms with E-state index in [1.807, 2.05) is 0 Å². The second-order valence-corrected chi connectivity index (χ2v) is 3.17. The van der Waals surface area contributed by atoms with Gasteiger partial charge in [-0.3, -0.25) is 0 Å². The van der Waals surface area contributed by atoms with Gasteiger partial charge < -0.3 is 10.2 Å². The lowest BCUT2D eigenvalue weighted by atomic mass is 10.1. The number of carbonyl (C=O) groups is 1. The van der Waals surface area contributed by atoms with E-state index in [0.29, 0.717) is 5.56 Å². The summed E-state index contributed by atoms with van der Waals surface area (Å²) in [5.74, 6) is -1.10. The highest BCUT2D eigenvalue weighted by atomic mass is 19.3. The van der Waals surface area contributed by atoms with Crippen LogP contribution in [0.5, 0.6) is 0 Å². The second-order valence-electron chi connectivity index (χ2n) is 3.17. The molecule has 0 aliphatic carbocycles. The molecule has 0 heterocycles. The fourth-order valence-electron chi connectivity index (χ4n) is 1.15. The number of carboxylic acids is 1. The third kappa shape index (κ3) is 4.03. The molecule has 2 N–H and O–H groups in total. The van der Waals surface area contributed by atoms with Crippen molar-refractivity contribution in [1.82, 2.24) is 0 Å². The van der Waals surface area contributed by atoms with Crippen LogP contribution in [0.25, 0.3) is 0 Å². The zero-order chi connectivity index (χ0) is 11.5. The van der Waals surface area contributed by atoms with E-state index >= 15 is 0 Å². The van der Waals surface area contributed by atoms with Crippen molar-refractivity contribution >= 4 is 5.97 Å². The standard InChI is InChI=1S/C10H10F2O3/c11-10(12,15)5-4-7-2-1-3-8(6-7)9(13)14/h1-3,6,15H,4-5H2,(H,13,14). The van der Waals surface area contributed by atoms with Crippen molar-refractivity contribution < 1.29 is 23.8 Å². The number of halogens is 2. The monoisotopic (exact) mass is 216 g/mol. The molecule has 0 amide bonds. The molecule has 1 aromatic carbocycles. The quantitative estimate of drug-likeness (QED) is 0.808. The Labute approximate surface area is 85.0 Å². The predicted octanol–water partition coefficient (Wildman–Crippen LogP) is 1.90. The molecule has 0 radical (unpaired) electrons. The van der Waals surface area contributed by atoms with Crippen molar-refractivity contribution in [3.05, 3.63) is 35.4 Å². The SMILES string of the molecule is O=C(O)c1cccc(CCC(O)(F)F)c1. The number of aliphatic hydroxyl groups is 1. The van der Waals surface area contributed by atoms with E-state index in [2.05, 4.69) is 0 Å². The van der Waals surface area contributed by atoms with E-state index in [1.54, 1.807) is 0 Å². The molecule has 0 spiro atoms. The maximum Gasteiger partial charge on any atom is 0.353 e. The van der Waals surface area contributed by atoms with Crippen LogP contribution in [0.3, 0.4) is 0 Å². The molecule has 1 rings (SSSR count). The Kier molecular flexibility index (Phi) is 3.36. The molecule has 0 saturated carbocycles. The van der Waals surface area contributed by atoms with Crippen LogP contribution < -0.4 is 0 Å². The Morgan fingerprint density at radius 1 is 1.40 bits per heavy atom. The van der Waals surface area contributed by atoms with Crippen LogP contribution in [0.15, 0.2) is 24.3 Å². The first-order valence-corrected chi connectivity index (χ1v) is 4.31. The number of alkyl halides is 2. The number of aromatic carboxylic acids is 1. The number of hydrogen-bond acceptors (Lipinski definition) is 2. The molecule has 0 aliphatic heterocycles. The molecule has 82 valence electrons. The Morgan fingerprint density at radius 3 is 2.60 bits per heavy atom. The topological polar surface area (TPSA) is 57.5 Å². The van der Waals surface area contributed by atoms with E-state index in [1.165, 1.54) is 24.3 Å². The molecule has 3 nitrogen and oxygen atoms in total. The number of benzene rings is 1. The fourth-order valence-corrected chi connectivity index (χ4v) is 1.15. The van der Waals surface area contributed by atoms with Gasteiger partial charge in [0, 0.05) is 6.42 Å². The maximum absolute atomic E-state index is 12.1. The van der Waals surface area contributed by atoms with Gasteiger partial charge in [0.25, 0.3) is 0 Å². The molecule has 0 fully saturated rings. The van der Waals surface area contributed by atoms with E-state index < -0.39 is 18.5 Å². The van der Waals surface area contributed by atoms with Crippen molar-refractivity contribution in [1.29, 1.82) is 0 Å². The summed E-state index contributed by atoms with van der Waals surface area (Å²) in [6.45, 7) is 0. The predicted molar refractivity (Wildman–Crippen MR) is 48.9 cm³/mol. The summed E-state index contributed by atoms with van der Waals surface area (Å²) in [4.78, 5) is 10.6. The van der Waals surface area contributed by atoms with Crippen LogP contribution in [-0.4, -0.2) is 22.3 Å². The van der Waals surface area contributed by atoms with E-state index in [9.17, 15) is 13.6 Å². The Bertz CT molecular complexity index is 358.